The van der Waals surface area contributed by atoms with Crippen LogP contribution in [0.5, 0.6) is 0 Å². The van der Waals surface area contributed by atoms with Crippen LogP contribution in [0.2, 0.25) is 0 Å². The Balaban J connectivity index is 1.84. The van der Waals surface area contributed by atoms with Gasteiger partial charge in [-0.05, 0) is 43.0 Å². The molecule has 3 nitrogen and oxygen atoms in total. The topological polar surface area (TPSA) is 32.3 Å². The van der Waals surface area contributed by atoms with Crippen molar-refractivity contribution < 1.29 is 4.79 Å². The summed E-state index contributed by atoms with van der Waals surface area (Å²) < 4.78 is 0. The van der Waals surface area contributed by atoms with Crippen LogP contribution in [0.1, 0.15) is 38.5 Å². The number of rotatable bonds is 4. The van der Waals surface area contributed by atoms with Gasteiger partial charge in [0.25, 0.3) is 0 Å². The van der Waals surface area contributed by atoms with Crippen molar-refractivity contribution >= 4 is 17.3 Å². The highest BCUT2D eigenvalue weighted by Gasteiger charge is 2.16. The first kappa shape index (κ1) is 13.9. The first-order chi connectivity index (χ1) is 9.15. The lowest BCUT2D eigenvalue weighted by Gasteiger charge is -2.21. The van der Waals surface area contributed by atoms with Gasteiger partial charge in [0.15, 0.2) is 0 Å². The third-order valence-electron chi connectivity index (χ3n) is 3.87. The number of nitrogens with zero attached hydrogens (tertiary/aromatic N) is 1. The number of anilines is 2. The van der Waals surface area contributed by atoms with Gasteiger partial charge in [0, 0.05) is 31.9 Å². The Labute approximate surface area is 116 Å². The summed E-state index contributed by atoms with van der Waals surface area (Å²) in [7, 11) is 4.02. The van der Waals surface area contributed by atoms with E-state index in [1.807, 2.05) is 43.3 Å². The summed E-state index contributed by atoms with van der Waals surface area (Å²) in [6.45, 7) is 0. The highest BCUT2D eigenvalue weighted by Crippen LogP contribution is 2.26. The molecule has 1 amide bonds. The lowest BCUT2D eigenvalue weighted by molar-refractivity contribution is -0.117. The molecule has 0 atom stereocenters. The second kappa shape index (κ2) is 6.60. The molecule has 0 aliphatic heterocycles. The highest BCUT2D eigenvalue weighted by atomic mass is 16.1. The van der Waals surface area contributed by atoms with Crippen LogP contribution in [0.25, 0.3) is 0 Å². The fourth-order valence-corrected chi connectivity index (χ4v) is 2.71. The molecule has 104 valence electrons. The zero-order chi connectivity index (χ0) is 13.7. The molecule has 3 heteroatoms. The summed E-state index contributed by atoms with van der Waals surface area (Å²) in [4.78, 5) is 14.0. The van der Waals surface area contributed by atoms with Gasteiger partial charge < -0.3 is 10.2 Å². The molecule has 1 saturated carbocycles. The lowest BCUT2D eigenvalue weighted by Crippen LogP contribution is -2.18. The number of amides is 1. The van der Waals surface area contributed by atoms with E-state index in [2.05, 4.69) is 5.32 Å². The minimum absolute atomic E-state index is 0.157. The zero-order valence-electron chi connectivity index (χ0n) is 12.0. The average Bonchev–Trinajstić information content (AvgIpc) is 2.40. The standard InChI is InChI=1S/C16H24N2O/c1-18(2)15-10-8-14(9-11-15)17-16(19)12-13-6-4-3-5-7-13/h8-11,13H,3-7,12H2,1-2H3,(H,17,19). The van der Waals surface area contributed by atoms with Crippen LogP contribution in [0.15, 0.2) is 24.3 Å². The Morgan fingerprint density at radius 3 is 2.37 bits per heavy atom. The van der Waals surface area contributed by atoms with Gasteiger partial charge in [0.2, 0.25) is 5.91 Å². The molecule has 19 heavy (non-hydrogen) atoms. The van der Waals surface area contributed by atoms with Gasteiger partial charge in [-0.3, -0.25) is 4.79 Å². The van der Waals surface area contributed by atoms with Gasteiger partial charge in [-0.2, -0.15) is 0 Å². The molecule has 1 aromatic carbocycles. The van der Waals surface area contributed by atoms with Crippen LogP contribution in [0, 0.1) is 5.92 Å². The Morgan fingerprint density at radius 1 is 1.16 bits per heavy atom. The predicted molar refractivity (Wildman–Crippen MR) is 80.6 cm³/mol. The van der Waals surface area contributed by atoms with Gasteiger partial charge in [-0.25, -0.2) is 0 Å². The summed E-state index contributed by atoms with van der Waals surface area (Å²) in [6, 6.07) is 7.98. The smallest absolute Gasteiger partial charge is 0.224 e. The quantitative estimate of drug-likeness (QED) is 0.896. The first-order valence-electron chi connectivity index (χ1n) is 7.22. The van der Waals surface area contributed by atoms with Crippen LogP contribution < -0.4 is 10.2 Å². The van der Waals surface area contributed by atoms with Crippen molar-refractivity contribution in [2.24, 2.45) is 5.92 Å². The van der Waals surface area contributed by atoms with Crippen LogP contribution in [-0.4, -0.2) is 20.0 Å². The van der Waals surface area contributed by atoms with E-state index < -0.39 is 0 Å². The van der Waals surface area contributed by atoms with Crippen molar-refractivity contribution in [1.29, 1.82) is 0 Å². The lowest BCUT2D eigenvalue weighted by atomic mass is 9.87. The van der Waals surface area contributed by atoms with Crippen molar-refractivity contribution in [3.63, 3.8) is 0 Å². The molecule has 1 aromatic rings. The molecule has 0 aromatic heterocycles. The van der Waals surface area contributed by atoms with Gasteiger partial charge in [-0.1, -0.05) is 19.3 Å². The Bertz CT molecular complexity index is 405. The summed E-state index contributed by atoms with van der Waals surface area (Å²) in [5, 5.41) is 3.00. The number of carbonyl (C=O) groups is 1. The van der Waals surface area contributed by atoms with E-state index in [-0.39, 0.29) is 5.91 Å². The van der Waals surface area contributed by atoms with Gasteiger partial charge >= 0.3 is 0 Å². The second-order valence-electron chi connectivity index (χ2n) is 5.70. The van der Waals surface area contributed by atoms with E-state index >= 15 is 0 Å². The van der Waals surface area contributed by atoms with Crippen molar-refractivity contribution in [1.82, 2.24) is 0 Å². The number of nitrogens with one attached hydrogen (secondary N) is 1. The van der Waals surface area contributed by atoms with Gasteiger partial charge in [0.1, 0.15) is 0 Å². The molecule has 0 unspecified atom stereocenters. The number of carbonyl (C=O) groups excluding carboxylic acids is 1. The number of benzene rings is 1. The van der Waals surface area contributed by atoms with Crippen molar-refractivity contribution in [3.05, 3.63) is 24.3 Å². The van der Waals surface area contributed by atoms with E-state index in [0.29, 0.717) is 12.3 Å². The summed E-state index contributed by atoms with van der Waals surface area (Å²) in [5.74, 6) is 0.749. The molecule has 2 rings (SSSR count). The normalized spacial score (nSPS) is 16.1. The Hall–Kier alpha value is -1.51. The summed E-state index contributed by atoms with van der Waals surface area (Å²) in [5.41, 5.74) is 2.04. The second-order valence-corrected chi connectivity index (χ2v) is 5.70. The molecule has 0 spiro atoms. The van der Waals surface area contributed by atoms with E-state index in [1.165, 1.54) is 32.1 Å². The monoisotopic (exact) mass is 260 g/mol. The van der Waals surface area contributed by atoms with Crippen molar-refractivity contribution in [2.45, 2.75) is 38.5 Å². The minimum atomic E-state index is 0.157. The first-order valence-corrected chi connectivity index (χ1v) is 7.22. The maximum absolute atomic E-state index is 12.0. The highest BCUT2D eigenvalue weighted by molar-refractivity contribution is 5.91. The molecular formula is C16H24N2O. The molecule has 1 N–H and O–H groups in total. The Morgan fingerprint density at radius 2 is 1.79 bits per heavy atom. The van der Waals surface area contributed by atoms with Crippen LogP contribution >= 0.6 is 0 Å². The van der Waals surface area contributed by atoms with Crippen molar-refractivity contribution in [2.75, 3.05) is 24.3 Å². The molecule has 1 aliphatic carbocycles. The maximum atomic E-state index is 12.0. The average molecular weight is 260 g/mol. The minimum Gasteiger partial charge on any atom is -0.378 e. The van der Waals surface area contributed by atoms with Crippen LogP contribution in [0.3, 0.4) is 0 Å². The van der Waals surface area contributed by atoms with Crippen molar-refractivity contribution in [3.8, 4) is 0 Å². The molecule has 0 heterocycles. The number of hydrogen-bond acceptors (Lipinski definition) is 2. The molecular weight excluding hydrogens is 236 g/mol. The predicted octanol–water partition coefficient (Wildman–Crippen LogP) is 3.66. The van der Waals surface area contributed by atoms with E-state index in [4.69, 9.17) is 0 Å². The summed E-state index contributed by atoms with van der Waals surface area (Å²) in [6.07, 6.45) is 7.02. The van der Waals surface area contributed by atoms with Crippen LogP contribution in [0.4, 0.5) is 11.4 Å². The fraction of sp³-hybridized carbons (Fsp3) is 0.562. The summed E-state index contributed by atoms with van der Waals surface area (Å²) >= 11 is 0. The largest absolute Gasteiger partial charge is 0.378 e. The molecule has 0 radical (unpaired) electrons. The Kier molecular flexibility index (Phi) is 4.83. The van der Waals surface area contributed by atoms with Crippen LogP contribution in [-0.2, 0) is 4.79 Å². The molecule has 1 fully saturated rings. The van der Waals surface area contributed by atoms with Gasteiger partial charge in [0.05, 0.1) is 0 Å². The zero-order valence-corrected chi connectivity index (χ0v) is 12.0. The third-order valence-corrected chi connectivity index (χ3v) is 3.87. The van der Waals surface area contributed by atoms with E-state index in [1.54, 1.807) is 0 Å². The SMILES string of the molecule is CN(C)c1ccc(NC(=O)CC2CCCCC2)cc1. The molecule has 1 aliphatic rings. The number of hydrogen-bond donors (Lipinski definition) is 1. The van der Waals surface area contributed by atoms with Gasteiger partial charge in [-0.15, -0.1) is 0 Å². The molecule has 0 bridgehead atoms. The van der Waals surface area contributed by atoms with E-state index in [9.17, 15) is 4.79 Å². The molecule has 0 saturated heterocycles. The third kappa shape index (κ3) is 4.27. The van der Waals surface area contributed by atoms with E-state index in [0.717, 1.165) is 11.4 Å². The fourth-order valence-electron chi connectivity index (χ4n) is 2.71. The maximum Gasteiger partial charge on any atom is 0.224 e.